The number of hydrogen-bond acceptors (Lipinski definition) is 4. The van der Waals surface area contributed by atoms with E-state index < -0.39 is 5.91 Å². The van der Waals surface area contributed by atoms with Crippen molar-refractivity contribution < 1.29 is 9.59 Å². The third-order valence-electron chi connectivity index (χ3n) is 5.01. The van der Waals surface area contributed by atoms with Gasteiger partial charge in [-0.15, -0.1) is 0 Å². The first-order valence-electron chi connectivity index (χ1n) is 10.2. The van der Waals surface area contributed by atoms with E-state index in [9.17, 15) is 9.59 Å². The number of benzene rings is 2. The largest absolute Gasteiger partial charge is 0.360 e. The van der Waals surface area contributed by atoms with Crippen LogP contribution in [0.15, 0.2) is 67.4 Å². The quantitative estimate of drug-likeness (QED) is 0.334. The Morgan fingerprint density at radius 3 is 2.36 bits per heavy atom. The van der Waals surface area contributed by atoms with Crippen LogP contribution in [0.4, 0.5) is 11.5 Å². The number of carbonyl (C=O) groups is 2. The van der Waals surface area contributed by atoms with Crippen LogP contribution in [0.5, 0.6) is 0 Å². The smallest absolute Gasteiger partial charge is 0.258 e. The second-order valence-corrected chi connectivity index (χ2v) is 7.66. The number of aromatic nitrogens is 1. The number of carbonyl (C=O) groups excluding carboxylic acids is 2. The number of rotatable bonds is 7. The maximum atomic E-state index is 12.9. The summed E-state index contributed by atoms with van der Waals surface area (Å²) in [5, 5.41) is 14.0. The van der Waals surface area contributed by atoms with E-state index in [4.69, 9.17) is 17.0 Å². The first-order chi connectivity index (χ1) is 15.8. The Kier molecular flexibility index (Phi) is 7.58. The molecule has 0 unspecified atom stereocenters. The molecule has 8 heteroatoms. The first-order valence-corrected chi connectivity index (χ1v) is 10.6. The van der Waals surface area contributed by atoms with E-state index in [1.807, 2.05) is 14.0 Å². The van der Waals surface area contributed by atoms with Gasteiger partial charge in [0.2, 0.25) is 0 Å². The first kappa shape index (κ1) is 23.7. The number of nitrogens with zero attached hydrogens (tertiary/aromatic N) is 2. The molecule has 1 aromatic heterocycles. The van der Waals surface area contributed by atoms with Gasteiger partial charge >= 0.3 is 0 Å². The van der Waals surface area contributed by atoms with E-state index in [1.165, 1.54) is 6.07 Å². The molecule has 0 atom stereocenters. The molecule has 0 radical (unpaired) electrons. The van der Waals surface area contributed by atoms with E-state index in [0.29, 0.717) is 40.0 Å². The highest BCUT2D eigenvalue weighted by Gasteiger charge is 2.16. The summed E-state index contributed by atoms with van der Waals surface area (Å²) in [6, 6.07) is 14.8. The molecule has 3 rings (SSSR count). The lowest BCUT2D eigenvalue weighted by molar-refractivity contribution is 0.102. The fraction of sp³-hybridized carbons (Fsp3) is 0.120. The summed E-state index contributed by atoms with van der Waals surface area (Å²) in [6.45, 7) is 6.34. The van der Waals surface area contributed by atoms with Crippen molar-refractivity contribution in [2.45, 2.75) is 6.92 Å². The highest BCUT2D eigenvalue weighted by atomic mass is 35.5. The molecule has 0 bridgehead atoms. The van der Waals surface area contributed by atoms with Gasteiger partial charge in [-0.3, -0.25) is 15.0 Å². The van der Waals surface area contributed by atoms with Crippen LogP contribution in [0.25, 0.3) is 6.08 Å². The Morgan fingerprint density at radius 2 is 1.76 bits per heavy atom. The van der Waals surface area contributed by atoms with Crippen LogP contribution in [0.3, 0.4) is 0 Å². The highest BCUT2D eigenvalue weighted by molar-refractivity contribution is 6.31. The summed E-state index contributed by atoms with van der Waals surface area (Å²) in [6.07, 6.45) is 3.24. The topological polar surface area (TPSA) is 98.2 Å². The number of pyridine rings is 1. The van der Waals surface area contributed by atoms with Crippen LogP contribution < -0.4 is 10.6 Å². The molecule has 3 aromatic rings. The minimum Gasteiger partial charge on any atom is -0.360 e. The summed E-state index contributed by atoms with van der Waals surface area (Å²) in [5.41, 5.74) is 2.44. The van der Waals surface area contributed by atoms with Gasteiger partial charge in [0.05, 0.1) is 11.3 Å². The van der Waals surface area contributed by atoms with Crippen LogP contribution in [0.2, 0.25) is 5.02 Å². The summed E-state index contributed by atoms with van der Waals surface area (Å²) < 4.78 is 0. The molecule has 0 aliphatic heterocycles. The number of amides is 2. The molecule has 33 heavy (non-hydrogen) atoms. The fourth-order valence-corrected chi connectivity index (χ4v) is 3.12. The van der Waals surface area contributed by atoms with E-state index in [2.05, 4.69) is 22.2 Å². The van der Waals surface area contributed by atoms with E-state index >= 15 is 0 Å². The lowest BCUT2D eigenvalue weighted by Crippen LogP contribution is -2.26. The van der Waals surface area contributed by atoms with Crippen LogP contribution in [-0.4, -0.2) is 41.1 Å². The van der Waals surface area contributed by atoms with Crippen LogP contribution in [0.1, 0.15) is 38.8 Å². The fourth-order valence-electron chi connectivity index (χ4n) is 2.95. The predicted molar refractivity (Wildman–Crippen MR) is 133 cm³/mol. The van der Waals surface area contributed by atoms with Crippen LogP contribution in [0, 0.1) is 5.41 Å². The van der Waals surface area contributed by atoms with Gasteiger partial charge in [0, 0.05) is 35.9 Å². The molecule has 0 fully saturated rings. The number of anilines is 2. The molecule has 0 spiro atoms. The van der Waals surface area contributed by atoms with Crippen molar-refractivity contribution in [3.05, 3.63) is 94.6 Å². The van der Waals surface area contributed by atoms with E-state index in [-0.39, 0.29) is 11.5 Å². The zero-order valence-electron chi connectivity index (χ0n) is 18.4. The van der Waals surface area contributed by atoms with Crippen LogP contribution in [-0.2, 0) is 0 Å². The Labute approximate surface area is 197 Å². The molecular formula is C25H24ClN5O2. The zero-order chi connectivity index (χ0) is 24.0. The standard InChI is InChI=1S/C25H24ClN5O2/c1-4-16-6-13-22(28-15-16)30-25(33)20-14-19(26)11-12-21(20)29-24(32)18-9-7-17(8-10-18)23(27)31(3)5-2/h4,6-15,27H,1,5H2,2-3H3,(H,29,32)(H,28,30,33). The lowest BCUT2D eigenvalue weighted by atomic mass is 10.1. The average molecular weight is 462 g/mol. The Hall–Kier alpha value is -3.97. The number of hydrogen-bond donors (Lipinski definition) is 3. The molecule has 1 heterocycles. The Bertz CT molecular complexity index is 1190. The maximum absolute atomic E-state index is 12.9. The van der Waals surface area contributed by atoms with E-state index in [0.717, 1.165) is 5.56 Å². The maximum Gasteiger partial charge on any atom is 0.258 e. The normalized spacial score (nSPS) is 10.3. The van der Waals surface area contributed by atoms with Gasteiger partial charge in [0.25, 0.3) is 11.8 Å². The number of nitrogens with one attached hydrogen (secondary N) is 3. The molecule has 2 aromatic carbocycles. The van der Waals surface area contributed by atoms with Gasteiger partial charge < -0.3 is 15.5 Å². The van der Waals surface area contributed by atoms with Gasteiger partial charge in [-0.05, 0) is 55.0 Å². The third kappa shape index (κ3) is 5.84. The van der Waals surface area contributed by atoms with Crippen molar-refractivity contribution in [3.8, 4) is 0 Å². The van der Waals surface area contributed by atoms with Crippen molar-refractivity contribution >= 4 is 46.8 Å². The third-order valence-corrected chi connectivity index (χ3v) is 5.25. The molecule has 0 saturated heterocycles. The minimum atomic E-state index is -0.460. The molecule has 3 N–H and O–H groups in total. The molecule has 0 aliphatic rings. The molecular weight excluding hydrogens is 438 g/mol. The summed E-state index contributed by atoms with van der Waals surface area (Å²) in [7, 11) is 1.83. The second-order valence-electron chi connectivity index (χ2n) is 7.22. The van der Waals surface area contributed by atoms with Gasteiger partial charge in [-0.1, -0.05) is 36.4 Å². The van der Waals surface area contributed by atoms with Crippen LogP contribution >= 0.6 is 11.6 Å². The number of halogens is 1. The van der Waals surface area contributed by atoms with Crippen molar-refractivity contribution in [1.82, 2.24) is 9.88 Å². The zero-order valence-corrected chi connectivity index (χ0v) is 19.1. The number of amidine groups is 1. The van der Waals surface area contributed by atoms with E-state index in [1.54, 1.807) is 65.7 Å². The predicted octanol–water partition coefficient (Wildman–Crippen LogP) is 5.16. The van der Waals surface area contributed by atoms with Gasteiger partial charge in [-0.2, -0.15) is 0 Å². The van der Waals surface area contributed by atoms with Crippen molar-refractivity contribution in [1.29, 1.82) is 5.41 Å². The van der Waals surface area contributed by atoms with Crippen molar-refractivity contribution in [2.75, 3.05) is 24.2 Å². The van der Waals surface area contributed by atoms with Crippen molar-refractivity contribution in [2.24, 2.45) is 0 Å². The van der Waals surface area contributed by atoms with Crippen molar-refractivity contribution in [3.63, 3.8) is 0 Å². The molecule has 0 saturated carbocycles. The monoisotopic (exact) mass is 461 g/mol. The summed E-state index contributed by atoms with van der Waals surface area (Å²) >= 11 is 6.10. The second kappa shape index (κ2) is 10.6. The summed E-state index contributed by atoms with van der Waals surface area (Å²) in [5.74, 6) is -0.117. The minimum absolute atomic E-state index is 0.202. The SMILES string of the molecule is C=Cc1ccc(NC(=O)c2cc(Cl)ccc2NC(=O)c2ccc(C(=N)N(C)CC)cc2)nc1. The highest BCUT2D eigenvalue weighted by Crippen LogP contribution is 2.23. The van der Waals surface area contributed by atoms with Gasteiger partial charge in [0.15, 0.2) is 0 Å². The summed E-state index contributed by atoms with van der Waals surface area (Å²) in [4.78, 5) is 31.6. The molecule has 2 amide bonds. The molecule has 0 aliphatic carbocycles. The lowest BCUT2D eigenvalue weighted by Gasteiger charge is -2.17. The molecule has 7 nitrogen and oxygen atoms in total. The Morgan fingerprint density at radius 1 is 1.06 bits per heavy atom. The average Bonchev–Trinajstić information content (AvgIpc) is 2.84. The Balaban J connectivity index is 1.78. The van der Waals surface area contributed by atoms with Gasteiger partial charge in [0.1, 0.15) is 11.7 Å². The van der Waals surface area contributed by atoms with Gasteiger partial charge in [-0.25, -0.2) is 4.98 Å². The molecule has 168 valence electrons.